The molecule has 0 rings (SSSR count). The van der Waals surface area contributed by atoms with E-state index < -0.39 is 11.9 Å². The monoisotopic (exact) mass is 250 g/mol. The van der Waals surface area contributed by atoms with Gasteiger partial charge in [-0.15, -0.1) is 0 Å². The summed E-state index contributed by atoms with van der Waals surface area (Å²) < 4.78 is 0. The standard InChI is InChI=1S/C9H21S.C2H2O4/c1-4-7-10(8-5-2)9-6-3;3-1(4)2(5)6/h4-9H2,1-3H3;(H,3,4)(H,5,6)/q+1;/p-1. The van der Waals surface area contributed by atoms with Gasteiger partial charge in [0.05, 0.1) is 0 Å². The lowest BCUT2D eigenvalue weighted by Gasteiger charge is -2.03. The van der Waals surface area contributed by atoms with Crippen LogP contribution in [-0.2, 0) is 20.5 Å². The van der Waals surface area contributed by atoms with Crippen LogP contribution < -0.4 is 5.11 Å². The van der Waals surface area contributed by atoms with Crippen molar-refractivity contribution in [3.63, 3.8) is 0 Å². The zero-order valence-corrected chi connectivity index (χ0v) is 11.1. The average Bonchev–Trinajstić information content (AvgIpc) is 2.19. The molecule has 0 bridgehead atoms. The van der Waals surface area contributed by atoms with Gasteiger partial charge in [0.2, 0.25) is 0 Å². The predicted molar refractivity (Wildman–Crippen MR) is 65.5 cm³/mol. The van der Waals surface area contributed by atoms with Gasteiger partial charge in [0, 0.05) is 0 Å². The topological polar surface area (TPSA) is 77.4 Å². The number of aliphatic carboxylic acids is 2. The number of carbonyl (C=O) groups excluding carboxylic acids is 1. The van der Waals surface area contributed by atoms with E-state index in [1.807, 2.05) is 0 Å². The summed E-state index contributed by atoms with van der Waals surface area (Å²) in [4.78, 5) is 18.0. The molecule has 0 saturated heterocycles. The Kier molecular flexibility index (Phi) is 13.7. The number of rotatable bonds is 6. The minimum Gasteiger partial charge on any atom is -0.539 e. The van der Waals surface area contributed by atoms with Gasteiger partial charge in [0.25, 0.3) is 0 Å². The van der Waals surface area contributed by atoms with Crippen molar-refractivity contribution in [2.45, 2.75) is 40.0 Å². The largest absolute Gasteiger partial charge is 0.539 e. The van der Waals surface area contributed by atoms with E-state index in [-0.39, 0.29) is 0 Å². The lowest BCUT2D eigenvalue weighted by molar-refractivity contribution is -0.303. The van der Waals surface area contributed by atoms with E-state index in [9.17, 15) is 0 Å². The normalized spacial score (nSPS) is 9.50. The summed E-state index contributed by atoms with van der Waals surface area (Å²) in [5.74, 6) is 0.412. The zero-order chi connectivity index (χ0) is 13.0. The van der Waals surface area contributed by atoms with Crippen LogP contribution in [0.25, 0.3) is 0 Å². The molecule has 0 aliphatic rings. The summed E-state index contributed by atoms with van der Waals surface area (Å²) in [6.45, 7) is 6.89. The van der Waals surface area contributed by atoms with Gasteiger partial charge in [-0.25, -0.2) is 4.79 Å². The van der Waals surface area contributed by atoms with Gasteiger partial charge in [0.15, 0.2) is 5.97 Å². The first-order chi connectivity index (χ1) is 7.49. The smallest absolute Gasteiger partial charge is 0.351 e. The van der Waals surface area contributed by atoms with Crippen molar-refractivity contribution in [2.24, 2.45) is 0 Å². The minimum absolute atomic E-state index is 0.775. The molecular weight excluding hydrogens is 228 g/mol. The van der Waals surface area contributed by atoms with E-state index in [0.717, 1.165) is 10.9 Å². The molecule has 0 spiro atoms. The Bertz CT molecular complexity index is 168. The summed E-state index contributed by atoms with van der Waals surface area (Å²) in [6, 6.07) is 0. The summed E-state index contributed by atoms with van der Waals surface area (Å²) in [7, 11) is 0.775. The number of carboxylic acid groups (broad SMARTS) is 2. The van der Waals surface area contributed by atoms with Crippen molar-refractivity contribution < 1.29 is 19.8 Å². The molecule has 0 aliphatic heterocycles. The highest BCUT2D eigenvalue weighted by atomic mass is 32.2. The second kappa shape index (κ2) is 12.4. The Morgan fingerprint density at radius 1 is 1.00 bits per heavy atom. The molecule has 0 saturated carbocycles. The summed E-state index contributed by atoms with van der Waals surface area (Å²) in [5.41, 5.74) is 0. The number of hydrogen-bond acceptors (Lipinski definition) is 3. The lowest BCUT2D eigenvalue weighted by Crippen LogP contribution is -2.30. The maximum Gasteiger partial charge on any atom is 0.351 e. The van der Waals surface area contributed by atoms with Crippen LogP contribution in [0.1, 0.15) is 40.0 Å². The quantitative estimate of drug-likeness (QED) is 0.555. The molecule has 0 aromatic heterocycles. The number of hydrogen-bond donors (Lipinski definition) is 1. The first-order valence-electron chi connectivity index (χ1n) is 5.57. The van der Waals surface area contributed by atoms with Crippen LogP contribution in [0.2, 0.25) is 0 Å². The van der Waals surface area contributed by atoms with Crippen LogP contribution >= 0.6 is 0 Å². The fraction of sp³-hybridized carbons (Fsp3) is 0.818. The molecule has 5 heteroatoms. The highest BCUT2D eigenvalue weighted by molar-refractivity contribution is 7.96. The van der Waals surface area contributed by atoms with Crippen molar-refractivity contribution in [1.29, 1.82) is 0 Å². The van der Waals surface area contributed by atoms with Crippen LogP contribution in [0, 0.1) is 0 Å². The second-order valence-electron chi connectivity index (χ2n) is 3.32. The Labute approximate surface area is 100 Å². The molecule has 0 aromatic carbocycles. The predicted octanol–water partition coefficient (Wildman–Crippen LogP) is 0.656. The van der Waals surface area contributed by atoms with Gasteiger partial charge in [-0.3, -0.25) is 0 Å². The van der Waals surface area contributed by atoms with Crippen LogP contribution in [0.4, 0.5) is 0 Å². The number of carbonyl (C=O) groups is 2. The average molecular weight is 250 g/mol. The third kappa shape index (κ3) is 13.3. The van der Waals surface area contributed by atoms with Crippen LogP contribution in [0.3, 0.4) is 0 Å². The third-order valence-corrected chi connectivity index (χ3v) is 4.61. The molecule has 4 nitrogen and oxygen atoms in total. The molecule has 16 heavy (non-hydrogen) atoms. The van der Waals surface area contributed by atoms with Gasteiger partial charge >= 0.3 is 5.97 Å². The Hall–Kier alpha value is -0.710. The molecule has 0 amide bonds. The van der Waals surface area contributed by atoms with Crippen molar-refractivity contribution in [2.75, 3.05) is 17.3 Å². The van der Waals surface area contributed by atoms with Gasteiger partial charge in [-0.1, -0.05) is 20.8 Å². The molecule has 0 heterocycles. The molecule has 0 radical (unpaired) electrons. The van der Waals surface area contributed by atoms with Gasteiger partial charge < -0.3 is 15.0 Å². The van der Waals surface area contributed by atoms with E-state index >= 15 is 0 Å². The van der Waals surface area contributed by atoms with Gasteiger partial charge in [-0.05, 0) is 30.2 Å². The maximum atomic E-state index is 9.04. The Balaban J connectivity index is 0. The Morgan fingerprint density at radius 3 is 1.38 bits per heavy atom. The second-order valence-corrected chi connectivity index (χ2v) is 5.77. The van der Waals surface area contributed by atoms with E-state index in [0.29, 0.717) is 0 Å². The van der Waals surface area contributed by atoms with E-state index in [2.05, 4.69) is 20.8 Å². The molecule has 0 atom stereocenters. The first kappa shape index (κ1) is 17.7. The van der Waals surface area contributed by atoms with Crippen molar-refractivity contribution in [1.82, 2.24) is 0 Å². The maximum absolute atomic E-state index is 9.04. The zero-order valence-electron chi connectivity index (χ0n) is 10.3. The van der Waals surface area contributed by atoms with Gasteiger partial charge in [0.1, 0.15) is 17.3 Å². The molecule has 1 N–H and O–H groups in total. The minimum atomic E-state index is -2.07. The van der Waals surface area contributed by atoms with Gasteiger partial charge in [-0.2, -0.15) is 0 Å². The Morgan fingerprint density at radius 2 is 1.25 bits per heavy atom. The molecule has 0 fully saturated rings. The molecular formula is C11H22O4S. The SMILES string of the molecule is CCC[S+](CCC)CCC.O=C([O-])C(=O)O. The molecule has 0 aliphatic carbocycles. The van der Waals surface area contributed by atoms with E-state index in [1.165, 1.54) is 36.5 Å². The van der Waals surface area contributed by atoms with Crippen LogP contribution in [0.15, 0.2) is 0 Å². The molecule has 96 valence electrons. The van der Waals surface area contributed by atoms with E-state index in [1.54, 1.807) is 0 Å². The van der Waals surface area contributed by atoms with Crippen molar-refractivity contribution in [3.8, 4) is 0 Å². The molecule has 0 aromatic rings. The summed E-state index contributed by atoms with van der Waals surface area (Å²) >= 11 is 0. The molecule has 0 unspecified atom stereocenters. The fourth-order valence-electron chi connectivity index (χ4n) is 1.17. The van der Waals surface area contributed by atoms with E-state index in [4.69, 9.17) is 19.8 Å². The van der Waals surface area contributed by atoms with Crippen LogP contribution in [0.5, 0.6) is 0 Å². The highest BCUT2D eigenvalue weighted by Crippen LogP contribution is 2.03. The third-order valence-electron chi connectivity index (χ3n) is 1.65. The lowest BCUT2D eigenvalue weighted by atomic mass is 10.6. The van der Waals surface area contributed by atoms with Crippen molar-refractivity contribution >= 4 is 22.8 Å². The van der Waals surface area contributed by atoms with Crippen molar-refractivity contribution in [3.05, 3.63) is 0 Å². The summed E-state index contributed by atoms with van der Waals surface area (Å²) in [6.07, 6.45) is 4.13. The number of carboxylic acids is 2. The van der Waals surface area contributed by atoms with Crippen LogP contribution in [-0.4, -0.2) is 34.3 Å². The first-order valence-corrected chi connectivity index (χ1v) is 7.31. The highest BCUT2D eigenvalue weighted by Gasteiger charge is 2.12. The summed E-state index contributed by atoms with van der Waals surface area (Å²) in [5, 5.41) is 16.3. The fourth-order valence-corrected chi connectivity index (χ4v) is 3.52.